The van der Waals surface area contributed by atoms with Crippen molar-refractivity contribution in [3.05, 3.63) is 29.8 Å². The monoisotopic (exact) mass is 295 g/mol. The van der Waals surface area contributed by atoms with E-state index in [4.69, 9.17) is 0 Å². The Balaban J connectivity index is 1.60. The highest BCUT2D eigenvalue weighted by atomic mass is 19.4. The standard InChI is InChI=1S/C17H20F3N/c18-17(19,20)14-3-1-2-4-15(14)21-16-12-6-10-5-11(8-12)9-13(16)7-10/h1-4,10-13,16,21H,5-9H2. The van der Waals surface area contributed by atoms with E-state index >= 15 is 0 Å². The second-order valence-electron chi connectivity index (χ2n) is 7.14. The van der Waals surface area contributed by atoms with Gasteiger partial charge in [0.25, 0.3) is 0 Å². The molecule has 1 aromatic carbocycles. The molecule has 114 valence electrons. The van der Waals surface area contributed by atoms with E-state index in [1.165, 1.54) is 44.2 Å². The fourth-order valence-electron chi connectivity index (χ4n) is 5.20. The first kappa shape index (κ1) is 13.5. The molecule has 4 saturated carbocycles. The third-order valence-corrected chi connectivity index (χ3v) is 5.78. The summed E-state index contributed by atoms with van der Waals surface area (Å²) >= 11 is 0. The third-order valence-electron chi connectivity index (χ3n) is 5.78. The summed E-state index contributed by atoms with van der Waals surface area (Å²) in [4.78, 5) is 0. The van der Waals surface area contributed by atoms with Crippen LogP contribution >= 0.6 is 0 Å². The van der Waals surface area contributed by atoms with Crippen molar-refractivity contribution in [3.63, 3.8) is 0 Å². The Labute approximate surface area is 122 Å². The van der Waals surface area contributed by atoms with Crippen LogP contribution in [0.15, 0.2) is 24.3 Å². The number of halogens is 3. The van der Waals surface area contributed by atoms with Crippen LogP contribution in [0.1, 0.15) is 37.7 Å². The smallest absolute Gasteiger partial charge is 0.381 e. The van der Waals surface area contributed by atoms with Gasteiger partial charge in [-0.05, 0) is 67.9 Å². The summed E-state index contributed by atoms with van der Waals surface area (Å²) in [5.41, 5.74) is -0.263. The van der Waals surface area contributed by atoms with Gasteiger partial charge in [-0.1, -0.05) is 12.1 Å². The Bertz CT molecular complexity index is 509. The summed E-state index contributed by atoms with van der Waals surface area (Å²) < 4.78 is 39.4. The van der Waals surface area contributed by atoms with E-state index < -0.39 is 11.7 Å². The molecule has 1 N–H and O–H groups in total. The molecule has 4 aliphatic rings. The number of para-hydroxylation sites is 1. The first-order chi connectivity index (χ1) is 10.0. The molecule has 0 radical (unpaired) electrons. The average molecular weight is 295 g/mol. The molecule has 0 atom stereocenters. The highest BCUT2D eigenvalue weighted by Gasteiger charge is 2.48. The van der Waals surface area contributed by atoms with Crippen molar-refractivity contribution >= 4 is 5.69 Å². The normalized spacial score (nSPS) is 37.8. The minimum Gasteiger partial charge on any atom is -0.381 e. The van der Waals surface area contributed by atoms with Gasteiger partial charge in [-0.2, -0.15) is 13.2 Å². The molecule has 0 aromatic heterocycles. The van der Waals surface area contributed by atoms with Crippen molar-refractivity contribution in [2.24, 2.45) is 23.7 Å². The molecule has 0 spiro atoms. The maximum Gasteiger partial charge on any atom is 0.418 e. The summed E-state index contributed by atoms with van der Waals surface area (Å²) in [7, 11) is 0. The highest BCUT2D eigenvalue weighted by molar-refractivity contribution is 5.53. The summed E-state index contributed by atoms with van der Waals surface area (Å²) in [5, 5.41) is 3.28. The van der Waals surface area contributed by atoms with E-state index in [1.54, 1.807) is 12.1 Å². The number of alkyl halides is 3. The van der Waals surface area contributed by atoms with Crippen molar-refractivity contribution < 1.29 is 13.2 Å². The Morgan fingerprint density at radius 1 is 0.857 bits per heavy atom. The van der Waals surface area contributed by atoms with Gasteiger partial charge in [-0.25, -0.2) is 0 Å². The second-order valence-corrected chi connectivity index (χ2v) is 7.14. The molecule has 0 amide bonds. The fourth-order valence-corrected chi connectivity index (χ4v) is 5.20. The zero-order valence-electron chi connectivity index (χ0n) is 11.9. The second kappa shape index (κ2) is 4.65. The summed E-state index contributed by atoms with van der Waals surface area (Å²) in [5.74, 6) is 2.82. The molecule has 21 heavy (non-hydrogen) atoms. The quantitative estimate of drug-likeness (QED) is 0.814. The van der Waals surface area contributed by atoms with Crippen LogP contribution in [0.3, 0.4) is 0 Å². The molecule has 0 saturated heterocycles. The maximum absolute atomic E-state index is 13.1. The number of rotatable bonds is 2. The molecule has 0 unspecified atom stereocenters. The first-order valence-electron chi connectivity index (χ1n) is 7.93. The molecule has 4 heteroatoms. The Morgan fingerprint density at radius 3 is 2.00 bits per heavy atom. The third kappa shape index (κ3) is 2.33. The minimum absolute atomic E-state index is 0.237. The number of anilines is 1. The van der Waals surface area contributed by atoms with Gasteiger partial charge in [0.1, 0.15) is 0 Å². The zero-order chi connectivity index (χ0) is 14.6. The molecular weight excluding hydrogens is 275 g/mol. The molecule has 5 rings (SSSR count). The minimum atomic E-state index is -4.28. The predicted molar refractivity (Wildman–Crippen MR) is 75.9 cm³/mol. The zero-order valence-corrected chi connectivity index (χ0v) is 11.9. The van der Waals surface area contributed by atoms with Gasteiger partial charge >= 0.3 is 6.18 Å². The summed E-state index contributed by atoms with van der Waals surface area (Å²) in [6.07, 6.45) is 1.91. The van der Waals surface area contributed by atoms with Gasteiger partial charge in [0.15, 0.2) is 0 Å². The Morgan fingerprint density at radius 2 is 1.43 bits per heavy atom. The van der Waals surface area contributed by atoms with Crippen LogP contribution in [-0.4, -0.2) is 6.04 Å². The molecule has 4 fully saturated rings. The van der Waals surface area contributed by atoms with Crippen molar-refractivity contribution in [3.8, 4) is 0 Å². The van der Waals surface area contributed by atoms with Gasteiger partial charge in [-0.15, -0.1) is 0 Å². The van der Waals surface area contributed by atoms with Crippen LogP contribution in [0, 0.1) is 23.7 Å². The van der Waals surface area contributed by atoms with Crippen LogP contribution in [0.2, 0.25) is 0 Å². The van der Waals surface area contributed by atoms with Crippen molar-refractivity contribution in [2.75, 3.05) is 5.32 Å². The Kier molecular flexibility index (Phi) is 2.98. The van der Waals surface area contributed by atoms with Crippen molar-refractivity contribution in [2.45, 2.75) is 44.3 Å². The molecule has 0 heterocycles. The van der Waals surface area contributed by atoms with E-state index in [0.717, 1.165) is 11.8 Å². The van der Waals surface area contributed by atoms with Crippen molar-refractivity contribution in [1.29, 1.82) is 0 Å². The first-order valence-corrected chi connectivity index (χ1v) is 7.93. The molecule has 1 aromatic rings. The van der Waals surface area contributed by atoms with Gasteiger partial charge in [0.05, 0.1) is 5.56 Å². The molecular formula is C17H20F3N. The summed E-state index contributed by atoms with van der Waals surface area (Å²) in [6.45, 7) is 0. The van der Waals surface area contributed by atoms with Crippen LogP contribution in [0.25, 0.3) is 0 Å². The summed E-state index contributed by atoms with van der Waals surface area (Å²) in [6, 6.07) is 6.14. The van der Waals surface area contributed by atoms with Gasteiger partial charge in [0, 0.05) is 11.7 Å². The SMILES string of the molecule is FC(F)(F)c1ccccc1NC1C2CC3CC(C2)CC1C3. The lowest BCUT2D eigenvalue weighted by molar-refractivity contribution is -0.137. The predicted octanol–water partition coefficient (Wildman–Crippen LogP) is 4.94. The lowest BCUT2D eigenvalue weighted by atomic mass is 9.54. The van der Waals surface area contributed by atoms with Crippen molar-refractivity contribution in [1.82, 2.24) is 0 Å². The van der Waals surface area contributed by atoms with E-state index in [0.29, 0.717) is 11.8 Å². The number of hydrogen-bond donors (Lipinski definition) is 1. The largest absolute Gasteiger partial charge is 0.418 e. The molecule has 4 bridgehead atoms. The van der Waals surface area contributed by atoms with E-state index in [-0.39, 0.29) is 11.7 Å². The lowest BCUT2D eigenvalue weighted by Crippen LogP contribution is -2.51. The molecule has 0 aliphatic heterocycles. The van der Waals surface area contributed by atoms with Gasteiger partial charge < -0.3 is 5.32 Å². The topological polar surface area (TPSA) is 12.0 Å². The van der Waals surface area contributed by atoms with Crippen LogP contribution in [0.5, 0.6) is 0 Å². The average Bonchev–Trinajstić information content (AvgIpc) is 2.41. The number of hydrogen-bond acceptors (Lipinski definition) is 1. The van der Waals surface area contributed by atoms with Gasteiger partial charge in [-0.3, -0.25) is 0 Å². The van der Waals surface area contributed by atoms with Gasteiger partial charge in [0.2, 0.25) is 0 Å². The van der Waals surface area contributed by atoms with Crippen LogP contribution in [-0.2, 0) is 6.18 Å². The van der Waals surface area contributed by atoms with Crippen LogP contribution < -0.4 is 5.32 Å². The molecule has 1 nitrogen and oxygen atoms in total. The highest BCUT2D eigenvalue weighted by Crippen LogP contribution is 2.54. The molecule has 4 aliphatic carbocycles. The maximum atomic E-state index is 13.1. The van der Waals surface area contributed by atoms with E-state index in [1.807, 2.05) is 0 Å². The number of benzene rings is 1. The van der Waals surface area contributed by atoms with E-state index in [9.17, 15) is 13.2 Å². The number of nitrogens with one attached hydrogen (secondary N) is 1. The fraction of sp³-hybridized carbons (Fsp3) is 0.647. The van der Waals surface area contributed by atoms with E-state index in [2.05, 4.69) is 5.32 Å². The lowest BCUT2D eigenvalue weighted by Gasteiger charge is -2.54. The Hall–Kier alpha value is -1.19. The van der Waals surface area contributed by atoms with Crippen LogP contribution in [0.4, 0.5) is 18.9 Å².